The smallest absolute Gasteiger partial charge is 0.216 e. The largest absolute Gasteiger partial charge is 0.481 e. The summed E-state index contributed by atoms with van der Waals surface area (Å²) < 4.78 is 5.16. The first-order valence-corrected chi connectivity index (χ1v) is 7.38. The van der Waals surface area contributed by atoms with Gasteiger partial charge in [0, 0.05) is 6.07 Å². The number of nitrogens with one attached hydrogen (secondary N) is 1. The maximum atomic E-state index is 5.16. The molecule has 0 fully saturated rings. The van der Waals surface area contributed by atoms with Crippen molar-refractivity contribution < 1.29 is 4.74 Å². The molecule has 1 unspecified atom stereocenters. The van der Waals surface area contributed by atoms with Crippen LogP contribution in [0.2, 0.25) is 0 Å². The first kappa shape index (κ1) is 14.0. The molecule has 0 amide bonds. The molecule has 102 valence electrons. The van der Waals surface area contributed by atoms with Crippen LogP contribution >= 0.6 is 11.3 Å². The molecule has 0 aromatic carbocycles. The first-order valence-electron chi connectivity index (χ1n) is 6.44. The average molecular weight is 277 g/mol. The van der Waals surface area contributed by atoms with E-state index in [1.165, 1.54) is 5.56 Å². The van der Waals surface area contributed by atoms with Gasteiger partial charge in [0.2, 0.25) is 5.88 Å². The van der Waals surface area contributed by atoms with Gasteiger partial charge in [0.25, 0.3) is 0 Å². The van der Waals surface area contributed by atoms with Crippen LogP contribution in [-0.2, 0) is 6.42 Å². The van der Waals surface area contributed by atoms with Crippen LogP contribution in [0.25, 0.3) is 0 Å². The molecule has 4 nitrogen and oxygen atoms in total. The van der Waals surface area contributed by atoms with Gasteiger partial charge in [0.15, 0.2) is 0 Å². The molecule has 5 heteroatoms. The molecule has 0 radical (unpaired) electrons. The van der Waals surface area contributed by atoms with E-state index >= 15 is 0 Å². The topological polar surface area (TPSA) is 47.0 Å². The van der Waals surface area contributed by atoms with Crippen molar-refractivity contribution in [3.05, 3.63) is 40.5 Å². The van der Waals surface area contributed by atoms with Crippen molar-refractivity contribution in [3.8, 4) is 5.88 Å². The van der Waals surface area contributed by atoms with E-state index in [-0.39, 0.29) is 6.04 Å². The summed E-state index contributed by atoms with van der Waals surface area (Å²) in [6.45, 7) is 3.02. The molecule has 0 spiro atoms. The number of aromatic nitrogens is 2. The summed E-state index contributed by atoms with van der Waals surface area (Å²) in [5, 5.41) is 7.78. The van der Waals surface area contributed by atoms with Crippen molar-refractivity contribution in [2.24, 2.45) is 0 Å². The van der Waals surface area contributed by atoms with Crippen molar-refractivity contribution in [1.82, 2.24) is 15.3 Å². The van der Waals surface area contributed by atoms with Crippen LogP contribution < -0.4 is 10.1 Å². The number of ether oxygens (including phenoxy) is 1. The molecular formula is C14H19N3OS. The summed E-state index contributed by atoms with van der Waals surface area (Å²) in [4.78, 5) is 8.41. The van der Waals surface area contributed by atoms with Crippen LogP contribution in [-0.4, -0.2) is 23.6 Å². The third-order valence-corrected chi connectivity index (χ3v) is 3.71. The summed E-state index contributed by atoms with van der Waals surface area (Å²) >= 11 is 1.74. The molecule has 19 heavy (non-hydrogen) atoms. The fraction of sp³-hybridized carbons (Fsp3) is 0.429. The SMILES string of the molecule is CCNC(CCc1ccsc1)c1cc(OC)ncn1. The van der Waals surface area contributed by atoms with Gasteiger partial charge < -0.3 is 10.1 Å². The van der Waals surface area contributed by atoms with Crippen LogP contribution in [0.1, 0.15) is 30.6 Å². The standard InChI is InChI=1S/C14H19N3OS/c1-3-15-12(5-4-11-6-7-19-9-11)13-8-14(18-2)17-10-16-13/h6-10,12,15H,3-5H2,1-2H3. The van der Waals surface area contributed by atoms with E-state index in [0.717, 1.165) is 25.1 Å². The molecule has 2 aromatic heterocycles. The summed E-state index contributed by atoms with van der Waals surface area (Å²) in [5.41, 5.74) is 2.37. The highest BCUT2D eigenvalue weighted by atomic mass is 32.1. The van der Waals surface area contributed by atoms with Gasteiger partial charge >= 0.3 is 0 Å². The van der Waals surface area contributed by atoms with E-state index in [9.17, 15) is 0 Å². The fourth-order valence-electron chi connectivity index (χ4n) is 2.00. The normalized spacial score (nSPS) is 12.3. The molecule has 0 aliphatic carbocycles. The number of hydrogen-bond donors (Lipinski definition) is 1. The van der Waals surface area contributed by atoms with Crippen molar-refractivity contribution in [2.75, 3.05) is 13.7 Å². The second-order valence-electron chi connectivity index (χ2n) is 4.27. The molecule has 0 bridgehead atoms. The van der Waals surface area contributed by atoms with Crippen LogP contribution in [0.5, 0.6) is 5.88 Å². The molecule has 2 rings (SSSR count). The van der Waals surface area contributed by atoms with Crippen LogP contribution in [0.15, 0.2) is 29.2 Å². The third-order valence-electron chi connectivity index (χ3n) is 2.98. The summed E-state index contributed by atoms with van der Waals surface area (Å²) in [7, 11) is 1.62. The minimum atomic E-state index is 0.238. The average Bonchev–Trinajstić information content (AvgIpc) is 2.97. The number of nitrogens with zero attached hydrogens (tertiary/aromatic N) is 2. The highest BCUT2D eigenvalue weighted by Gasteiger charge is 2.13. The van der Waals surface area contributed by atoms with E-state index in [1.54, 1.807) is 24.8 Å². The van der Waals surface area contributed by atoms with Crippen LogP contribution in [0.3, 0.4) is 0 Å². The van der Waals surface area contributed by atoms with Gasteiger partial charge in [0.05, 0.1) is 18.8 Å². The Kier molecular flexibility index (Phi) is 5.30. The Morgan fingerprint density at radius 2 is 2.32 bits per heavy atom. The lowest BCUT2D eigenvalue weighted by atomic mass is 10.0. The highest BCUT2D eigenvalue weighted by molar-refractivity contribution is 7.07. The van der Waals surface area contributed by atoms with E-state index in [2.05, 4.69) is 39.0 Å². The maximum absolute atomic E-state index is 5.16. The van der Waals surface area contributed by atoms with Crippen molar-refractivity contribution in [1.29, 1.82) is 0 Å². The Morgan fingerprint density at radius 1 is 1.42 bits per heavy atom. The third kappa shape index (κ3) is 4.01. The predicted octanol–water partition coefficient (Wildman–Crippen LogP) is 2.83. The van der Waals surface area contributed by atoms with Crippen LogP contribution in [0, 0.1) is 0 Å². The van der Waals surface area contributed by atoms with Gasteiger partial charge in [-0.25, -0.2) is 9.97 Å². The van der Waals surface area contributed by atoms with Crippen molar-refractivity contribution in [2.45, 2.75) is 25.8 Å². The fourth-order valence-corrected chi connectivity index (χ4v) is 2.71. The van der Waals surface area contributed by atoms with Crippen LogP contribution in [0.4, 0.5) is 0 Å². The Hall–Kier alpha value is -1.46. The van der Waals surface area contributed by atoms with Gasteiger partial charge in [-0.1, -0.05) is 6.92 Å². The number of rotatable bonds is 7. The van der Waals surface area contributed by atoms with E-state index < -0.39 is 0 Å². The lowest BCUT2D eigenvalue weighted by molar-refractivity contribution is 0.393. The summed E-state index contributed by atoms with van der Waals surface area (Å²) in [5.74, 6) is 0.614. The van der Waals surface area contributed by atoms with Crippen molar-refractivity contribution >= 4 is 11.3 Å². The number of hydrogen-bond acceptors (Lipinski definition) is 5. The van der Waals surface area contributed by atoms with Gasteiger partial charge in [-0.05, 0) is 41.8 Å². The first-order chi connectivity index (χ1) is 9.33. The quantitative estimate of drug-likeness (QED) is 0.845. The molecule has 1 atom stereocenters. The molecule has 0 saturated heterocycles. The molecule has 0 saturated carbocycles. The predicted molar refractivity (Wildman–Crippen MR) is 77.6 cm³/mol. The van der Waals surface area contributed by atoms with Gasteiger partial charge in [0.1, 0.15) is 6.33 Å². The lowest BCUT2D eigenvalue weighted by Gasteiger charge is -2.17. The zero-order chi connectivity index (χ0) is 13.5. The monoisotopic (exact) mass is 277 g/mol. The van der Waals surface area contributed by atoms with Gasteiger partial charge in [-0.15, -0.1) is 0 Å². The summed E-state index contributed by atoms with van der Waals surface area (Å²) in [6, 6.07) is 4.32. The Labute approximate surface area is 117 Å². The molecule has 0 aliphatic heterocycles. The summed E-state index contributed by atoms with van der Waals surface area (Å²) in [6.07, 6.45) is 3.63. The molecule has 0 aliphatic rings. The molecule has 2 aromatic rings. The highest BCUT2D eigenvalue weighted by Crippen LogP contribution is 2.20. The minimum absolute atomic E-state index is 0.238. The van der Waals surface area contributed by atoms with Gasteiger partial charge in [-0.2, -0.15) is 11.3 Å². The zero-order valence-corrected chi connectivity index (χ0v) is 12.1. The van der Waals surface area contributed by atoms with Gasteiger partial charge in [-0.3, -0.25) is 0 Å². The Morgan fingerprint density at radius 3 is 3.00 bits per heavy atom. The number of thiophene rings is 1. The second-order valence-corrected chi connectivity index (χ2v) is 5.05. The molecule has 2 heterocycles. The number of aryl methyl sites for hydroxylation is 1. The van der Waals surface area contributed by atoms with Crippen molar-refractivity contribution in [3.63, 3.8) is 0 Å². The van der Waals surface area contributed by atoms with E-state index in [1.807, 2.05) is 6.07 Å². The maximum Gasteiger partial charge on any atom is 0.216 e. The lowest BCUT2D eigenvalue weighted by Crippen LogP contribution is -2.22. The second kappa shape index (κ2) is 7.21. The Balaban J connectivity index is 2.05. The van der Waals surface area contributed by atoms with E-state index in [0.29, 0.717) is 5.88 Å². The minimum Gasteiger partial charge on any atom is -0.481 e. The zero-order valence-electron chi connectivity index (χ0n) is 11.3. The molecular weight excluding hydrogens is 258 g/mol. The number of methoxy groups -OCH3 is 1. The van der Waals surface area contributed by atoms with E-state index in [4.69, 9.17) is 4.74 Å². The molecule has 1 N–H and O–H groups in total. The Bertz CT molecular complexity index is 487.